The standard InChI is InChI=1S/C21H31ClN6O.HI/c1-16-18(17(2)28(25-16)13-14-29-4)15-24-21(23-3)27-11-9-26(10-12-27)20-8-6-5-7-19(20)22;/h5-8H,9-15H2,1-4H3,(H,23,24);1H. The highest BCUT2D eigenvalue weighted by Gasteiger charge is 2.21. The third-order valence-corrected chi connectivity index (χ3v) is 5.77. The Morgan fingerprint density at radius 1 is 1.20 bits per heavy atom. The van der Waals surface area contributed by atoms with E-state index in [4.69, 9.17) is 16.3 Å². The summed E-state index contributed by atoms with van der Waals surface area (Å²) in [7, 11) is 3.55. The van der Waals surface area contributed by atoms with Crippen molar-refractivity contribution in [1.82, 2.24) is 20.0 Å². The minimum atomic E-state index is 0. The fourth-order valence-electron chi connectivity index (χ4n) is 3.75. The lowest BCUT2D eigenvalue weighted by Gasteiger charge is -2.38. The molecule has 1 N–H and O–H groups in total. The van der Waals surface area contributed by atoms with Crippen molar-refractivity contribution in [2.45, 2.75) is 26.9 Å². The highest BCUT2D eigenvalue weighted by Crippen LogP contribution is 2.26. The molecule has 0 atom stereocenters. The van der Waals surface area contributed by atoms with E-state index < -0.39 is 0 Å². The monoisotopic (exact) mass is 546 g/mol. The number of halogens is 2. The van der Waals surface area contributed by atoms with Crippen LogP contribution in [0.2, 0.25) is 5.02 Å². The van der Waals surface area contributed by atoms with Gasteiger partial charge in [0.25, 0.3) is 0 Å². The van der Waals surface area contributed by atoms with Gasteiger partial charge in [0.15, 0.2) is 5.96 Å². The van der Waals surface area contributed by atoms with Gasteiger partial charge >= 0.3 is 0 Å². The number of methoxy groups -OCH3 is 1. The van der Waals surface area contributed by atoms with Crippen LogP contribution in [0.1, 0.15) is 17.0 Å². The normalized spacial score (nSPS) is 14.6. The molecular formula is C21H32ClIN6O. The van der Waals surface area contributed by atoms with Crippen molar-refractivity contribution in [2.75, 3.05) is 51.8 Å². The van der Waals surface area contributed by atoms with Gasteiger partial charge in [-0.1, -0.05) is 23.7 Å². The van der Waals surface area contributed by atoms with Crippen molar-refractivity contribution in [1.29, 1.82) is 0 Å². The molecule has 0 saturated carbocycles. The second kappa shape index (κ2) is 11.8. The smallest absolute Gasteiger partial charge is 0.194 e. The third-order valence-electron chi connectivity index (χ3n) is 5.45. The van der Waals surface area contributed by atoms with Gasteiger partial charge in [-0.2, -0.15) is 5.10 Å². The number of aliphatic imine (C=N–C) groups is 1. The van der Waals surface area contributed by atoms with E-state index >= 15 is 0 Å². The van der Waals surface area contributed by atoms with Gasteiger partial charge in [-0.3, -0.25) is 9.67 Å². The van der Waals surface area contributed by atoms with Gasteiger partial charge in [0.2, 0.25) is 0 Å². The summed E-state index contributed by atoms with van der Waals surface area (Å²) >= 11 is 6.36. The van der Waals surface area contributed by atoms with E-state index in [0.717, 1.165) is 55.1 Å². The van der Waals surface area contributed by atoms with Crippen LogP contribution in [-0.4, -0.2) is 67.6 Å². The largest absolute Gasteiger partial charge is 0.383 e. The predicted molar refractivity (Wildman–Crippen MR) is 134 cm³/mol. The van der Waals surface area contributed by atoms with E-state index in [1.807, 2.05) is 29.9 Å². The van der Waals surface area contributed by atoms with Crippen LogP contribution in [0.4, 0.5) is 5.69 Å². The lowest BCUT2D eigenvalue weighted by molar-refractivity contribution is 0.182. The number of guanidine groups is 1. The van der Waals surface area contributed by atoms with Crippen LogP contribution in [0.15, 0.2) is 29.3 Å². The van der Waals surface area contributed by atoms with Crippen LogP contribution >= 0.6 is 35.6 Å². The molecule has 1 fully saturated rings. The first-order valence-corrected chi connectivity index (χ1v) is 10.4. The van der Waals surface area contributed by atoms with E-state index in [1.165, 1.54) is 11.3 Å². The van der Waals surface area contributed by atoms with Crippen LogP contribution in [0.5, 0.6) is 0 Å². The first kappa shape index (κ1) is 24.7. The molecule has 0 amide bonds. The fourth-order valence-corrected chi connectivity index (χ4v) is 4.01. The second-order valence-electron chi connectivity index (χ2n) is 7.19. The third kappa shape index (κ3) is 5.79. The van der Waals surface area contributed by atoms with Crippen LogP contribution in [0, 0.1) is 13.8 Å². The van der Waals surface area contributed by atoms with Crippen molar-refractivity contribution < 1.29 is 4.74 Å². The Hall–Kier alpha value is -1.52. The summed E-state index contributed by atoms with van der Waals surface area (Å²) in [6.07, 6.45) is 0. The van der Waals surface area contributed by atoms with Gasteiger partial charge < -0.3 is 19.9 Å². The highest BCUT2D eigenvalue weighted by atomic mass is 127. The zero-order valence-electron chi connectivity index (χ0n) is 18.2. The molecule has 0 bridgehead atoms. The number of aromatic nitrogens is 2. The lowest BCUT2D eigenvalue weighted by Crippen LogP contribution is -2.52. The average molecular weight is 547 g/mol. The van der Waals surface area contributed by atoms with Gasteiger partial charge in [-0.15, -0.1) is 24.0 Å². The lowest BCUT2D eigenvalue weighted by atomic mass is 10.2. The van der Waals surface area contributed by atoms with Crippen molar-refractivity contribution >= 4 is 47.2 Å². The van der Waals surface area contributed by atoms with Crippen LogP contribution in [-0.2, 0) is 17.8 Å². The molecule has 1 aromatic carbocycles. The Balaban J connectivity index is 0.00000320. The molecule has 0 aliphatic carbocycles. The molecule has 2 aromatic rings. The predicted octanol–water partition coefficient (Wildman–Crippen LogP) is 3.32. The van der Waals surface area contributed by atoms with E-state index in [-0.39, 0.29) is 24.0 Å². The molecule has 1 aliphatic heterocycles. The maximum Gasteiger partial charge on any atom is 0.194 e. The molecular weight excluding hydrogens is 515 g/mol. The number of rotatable bonds is 6. The number of benzene rings is 1. The van der Waals surface area contributed by atoms with E-state index in [1.54, 1.807) is 7.11 Å². The molecule has 0 spiro atoms. The number of ether oxygens (including phenoxy) is 1. The van der Waals surface area contributed by atoms with E-state index in [0.29, 0.717) is 13.2 Å². The Labute approximate surface area is 201 Å². The fraction of sp³-hybridized carbons (Fsp3) is 0.524. The number of anilines is 1. The van der Waals surface area contributed by atoms with Crippen molar-refractivity contribution in [2.24, 2.45) is 4.99 Å². The van der Waals surface area contributed by atoms with Crippen LogP contribution in [0.25, 0.3) is 0 Å². The van der Waals surface area contributed by atoms with Crippen LogP contribution in [0.3, 0.4) is 0 Å². The zero-order chi connectivity index (χ0) is 20.8. The second-order valence-corrected chi connectivity index (χ2v) is 7.60. The first-order chi connectivity index (χ1) is 14.0. The molecule has 166 valence electrons. The quantitative estimate of drug-likeness (QED) is 0.342. The highest BCUT2D eigenvalue weighted by molar-refractivity contribution is 14.0. The number of aryl methyl sites for hydroxylation is 1. The summed E-state index contributed by atoms with van der Waals surface area (Å²) in [6.45, 7) is 9.92. The van der Waals surface area contributed by atoms with Gasteiger partial charge in [-0.05, 0) is 26.0 Å². The maximum atomic E-state index is 6.36. The number of hydrogen-bond acceptors (Lipinski definition) is 4. The molecule has 0 radical (unpaired) electrons. The van der Waals surface area contributed by atoms with Crippen molar-refractivity contribution in [3.63, 3.8) is 0 Å². The van der Waals surface area contributed by atoms with Gasteiger partial charge in [0, 0.05) is 58.1 Å². The molecule has 0 unspecified atom stereocenters. The summed E-state index contributed by atoms with van der Waals surface area (Å²) in [5.41, 5.74) is 4.54. The minimum absolute atomic E-state index is 0. The number of hydrogen-bond donors (Lipinski definition) is 1. The molecule has 7 nitrogen and oxygen atoms in total. The van der Waals surface area contributed by atoms with Crippen molar-refractivity contribution in [3.05, 3.63) is 46.2 Å². The Morgan fingerprint density at radius 3 is 2.53 bits per heavy atom. The Morgan fingerprint density at radius 2 is 1.90 bits per heavy atom. The maximum absolute atomic E-state index is 6.36. The summed E-state index contributed by atoms with van der Waals surface area (Å²) in [6, 6.07) is 8.03. The summed E-state index contributed by atoms with van der Waals surface area (Å²) < 4.78 is 7.19. The topological polar surface area (TPSA) is 57.9 Å². The van der Waals surface area contributed by atoms with E-state index in [2.05, 4.69) is 45.1 Å². The average Bonchev–Trinajstić information content (AvgIpc) is 3.01. The molecule has 1 saturated heterocycles. The molecule has 2 heterocycles. The Kier molecular flexibility index (Phi) is 9.70. The number of nitrogens with zero attached hydrogens (tertiary/aromatic N) is 5. The molecule has 1 aromatic heterocycles. The molecule has 30 heavy (non-hydrogen) atoms. The minimum Gasteiger partial charge on any atom is -0.383 e. The Bertz CT molecular complexity index is 848. The van der Waals surface area contributed by atoms with Gasteiger partial charge in [-0.25, -0.2) is 0 Å². The summed E-state index contributed by atoms with van der Waals surface area (Å²) in [5.74, 6) is 0.923. The SMILES string of the molecule is CN=C(NCc1c(C)nn(CCOC)c1C)N1CCN(c2ccccc2Cl)CC1.I. The van der Waals surface area contributed by atoms with Crippen molar-refractivity contribution in [3.8, 4) is 0 Å². The summed E-state index contributed by atoms with van der Waals surface area (Å²) in [5, 5.41) is 8.96. The molecule has 9 heteroatoms. The summed E-state index contributed by atoms with van der Waals surface area (Å²) in [4.78, 5) is 9.13. The number of para-hydroxylation sites is 1. The van der Waals surface area contributed by atoms with E-state index in [9.17, 15) is 0 Å². The zero-order valence-corrected chi connectivity index (χ0v) is 21.3. The number of nitrogens with one attached hydrogen (secondary N) is 1. The molecule has 3 rings (SSSR count). The van der Waals surface area contributed by atoms with Crippen LogP contribution < -0.4 is 10.2 Å². The van der Waals surface area contributed by atoms with Gasteiger partial charge in [0.05, 0.1) is 29.6 Å². The first-order valence-electron chi connectivity index (χ1n) is 10.0. The number of piperazine rings is 1. The molecule has 1 aliphatic rings. The van der Waals surface area contributed by atoms with Gasteiger partial charge in [0.1, 0.15) is 0 Å².